The number of nitrogens with zero attached hydrogens (tertiary/aromatic N) is 1. The van der Waals surface area contributed by atoms with E-state index in [0.717, 1.165) is 17.8 Å². The second-order valence-electron chi connectivity index (χ2n) is 6.43. The molecule has 2 heterocycles. The number of methoxy groups -OCH3 is 1. The first-order valence-corrected chi connectivity index (χ1v) is 10.2. The van der Waals surface area contributed by atoms with Gasteiger partial charge in [0.1, 0.15) is 17.3 Å². The van der Waals surface area contributed by atoms with Crippen LogP contribution < -0.4 is 9.64 Å². The third-order valence-corrected chi connectivity index (χ3v) is 5.82. The quantitative estimate of drug-likeness (QED) is 0.333. The molecule has 0 unspecified atom stereocenters. The molecule has 1 amide bonds. The number of carbonyl (C=O) groups is 1. The van der Waals surface area contributed by atoms with Crippen LogP contribution in [0.4, 0.5) is 18.9 Å². The van der Waals surface area contributed by atoms with Crippen molar-refractivity contribution in [3.63, 3.8) is 0 Å². The molecule has 3 aromatic rings. The lowest BCUT2D eigenvalue weighted by molar-refractivity contribution is -0.137. The maximum atomic E-state index is 13.3. The number of benzene rings is 2. The molecule has 4 nitrogen and oxygen atoms in total. The van der Waals surface area contributed by atoms with Crippen LogP contribution in [0.3, 0.4) is 0 Å². The van der Waals surface area contributed by atoms with E-state index in [9.17, 15) is 18.0 Å². The van der Waals surface area contributed by atoms with E-state index in [2.05, 4.69) is 0 Å². The number of rotatable bonds is 4. The van der Waals surface area contributed by atoms with Crippen LogP contribution in [0.1, 0.15) is 11.3 Å². The lowest BCUT2D eigenvalue weighted by Crippen LogP contribution is -2.27. The Hall–Kier alpha value is -3.04. The van der Waals surface area contributed by atoms with Crippen molar-refractivity contribution in [1.29, 1.82) is 0 Å². The van der Waals surface area contributed by atoms with Crippen molar-refractivity contribution in [1.82, 2.24) is 0 Å². The van der Waals surface area contributed by atoms with Gasteiger partial charge in [-0.3, -0.25) is 9.69 Å². The summed E-state index contributed by atoms with van der Waals surface area (Å²) in [5.41, 5.74) is -0.357. The molecule has 31 heavy (non-hydrogen) atoms. The fourth-order valence-corrected chi connectivity index (χ4v) is 4.40. The van der Waals surface area contributed by atoms with Gasteiger partial charge >= 0.3 is 6.18 Å². The lowest BCUT2D eigenvalue weighted by atomic mass is 10.1. The molecule has 4 rings (SSSR count). The van der Waals surface area contributed by atoms with E-state index in [1.165, 1.54) is 48.4 Å². The summed E-state index contributed by atoms with van der Waals surface area (Å²) in [6, 6.07) is 15.1. The number of halogens is 3. The van der Waals surface area contributed by atoms with Crippen LogP contribution in [0.15, 0.2) is 70.0 Å². The van der Waals surface area contributed by atoms with Gasteiger partial charge in [-0.1, -0.05) is 54.3 Å². The van der Waals surface area contributed by atoms with E-state index >= 15 is 0 Å². The molecule has 0 atom stereocenters. The molecule has 0 radical (unpaired) electrons. The molecule has 2 aromatic carbocycles. The first kappa shape index (κ1) is 21.2. The highest BCUT2D eigenvalue weighted by atomic mass is 32.2. The maximum absolute atomic E-state index is 13.3. The van der Waals surface area contributed by atoms with Gasteiger partial charge in [0, 0.05) is 11.6 Å². The normalized spacial score (nSPS) is 15.7. The molecule has 1 fully saturated rings. The molecule has 0 saturated carbocycles. The summed E-state index contributed by atoms with van der Waals surface area (Å²) in [4.78, 5) is 14.6. The molecule has 1 aromatic heterocycles. The molecule has 1 aliphatic heterocycles. The zero-order valence-electron chi connectivity index (χ0n) is 16.0. The molecule has 158 valence electrons. The highest BCUT2D eigenvalue weighted by Gasteiger charge is 2.36. The van der Waals surface area contributed by atoms with Gasteiger partial charge in [0.2, 0.25) is 0 Å². The Labute approximate surface area is 185 Å². The van der Waals surface area contributed by atoms with Crippen LogP contribution in [-0.4, -0.2) is 17.3 Å². The van der Waals surface area contributed by atoms with Gasteiger partial charge in [0.15, 0.2) is 4.32 Å². The molecular weight excluding hydrogens is 447 g/mol. The Kier molecular flexibility index (Phi) is 5.63. The SMILES string of the molecule is COc1ccccc1N1C(=O)/C(=C\c2ccc(-c3ccccc3C(F)(F)F)o2)SC1=S. The lowest BCUT2D eigenvalue weighted by Gasteiger charge is -2.17. The topological polar surface area (TPSA) is 42.7 Å². The first-order valence-electron chi connectivity index (χ1n) is 8.97. The largest absolute Gasteiger partial charge is 0.495 e. The van der Waals surface area contributed by atoms with Gasteiger partial charge in [-0.05, 0) is 30.3 Å². The molecule has 0 N–H and O–H groups in total. The predicted octanol–water partition coefficient (Wildman–Crippen LogP) is 6.38. The summed E-state index contributed by atoms with van der Waals surface area (Å²) < 4.78 is 51.1. The minimum absolute atomic E-state index is 0.0550. The van der Waals surface area contributed by atoms with E-state index in [4.69, 9.17) is 21.4 Å². The Morgan fingerprint density at radius 2 is 1.77 bits per heavy atom. The van der Waals surface area contributed by atoms with Crippen molar-refractivity contribution < 1.29 is 27.1 Å². The van der Waals surface area contributed by atoms with E-state index in [0.29, 0.717) is 20.7 Å². The van der Waals surface area contributed by atoms with Crippen LogP contribution in [0.5, 0.6) is 5.75 Å². The average Bonchev–Trinajstić information content (AvgIpc) is 3.32. The number of para-hydroxylation sites is 2. The highest BCUT2D eigenvalue weighted by molar-refractivity contribution is 8.27. The van der Waals surface area contributed by atoms with Gasteiger partial charge in [0.25, 0.3) is 5.91 Å². The highest BCUT2D eigenvalue weighted by Crippen LogP contribution is 2.41. The number of anilines is 1. The Morgan fingerprint density at radius 1 is 1.06 bits per heavy atom. The van der Waals surface area contributed by atoms with Crippen molar-refractivity contribution in [2.45, 2.75) is 6.18 Å². The van der Waals surface area contributed by atoms with Crippen LogP contribution in [0.2, 0.25) is 0 Å². The van der Waals surface area contributed by atoms with Crippen LogP contribution in [0.25, 0.3) is 17.4 Å². The number of hydrogen-bond acceptors (Lipinski definition) is 5. The fraction of sp³-hybridized carbons (Fsp3) is 0.0909. The Bertz CT molecular complexity index is 1200. The van der Waals surface area contributed by atoms with Crippen LogP contribution in [-0.2, 0) is 11.0 Å². The van der Waals surface area contributed by atoms with Gasteiger partial charge in [-0.2, -0.15) is 13.2 Å². The van der Waals surface area contributed by atoms with Gasteiger partial charge in [-0.25, -0.2) is 0 Å². The molecule has 0 spiro atoms. The first-order chi connectivity index (χ1) is 14.8. The number of furan rings is 1. The summed E-state index contributed by atoms with van der Waals surface area (Å²) in [5, 5.41) is 0. The van der Waals surface area contributed by atoms with E-state index in [1.807, 2.05) is 0 Å². The molecule has 1 aliphatic rings. The third-order valence-electron chi connectivity index (χ3n) is 4.52. The number of alkyl halides is 3. The van der Waals surface area contributed by atoms with E-state index < -0.39 is 11.7 Å². The summed E-state index contributed by atoms with van der Waals surface area (Å²) in [6.07, 6.45) is -3.05. The van der Waals surface area contributed by atoms with Gasteiger partial charge in [-0.15, -0.1) is 0 Å². The van der Waals surface area contributed by atoms with Crippen molar-refractivity contribution in [2.75, 3.05) is 12.0 Å². The average molecular weight is 461 g/mol. The third kappa shape index (κ3) is 4.11. The maximum Gasteiger partial charge on any atom is 0.417 e. The van der Waals surface area contributed by atoms with Crippen LogP contribution in [0, 0.1) is 0 Å². The van der Waals surface area contributed by atoms with E-state index in [-0.39, 0.29) is 23.0 Å². The second-order valence-corrected chi connectivity index (χ2v) is 8.11. The zero-order valence-corrected chi connectivity index (χ0v) is 17.6. The molecule has 1 saturated heterocycles. The second kappa shape index (κ2) is 8.24. The number of amides is 1. The summed E-state index contributed by atoms with van der Waals surface area (Å²) in [6.45, 7) is 0. The molecule has 0 bridgehead atoms. The Morgan fingerprint density at radius 3 is 2.52 bits per heavy atom. The molecule has 0 aliphatic carbocycles. The minimum atomic E-state index is -4.51. The van der Waals surface area contributed by atoms with Gasteiger partial charge in [0.05, 0.1) is 23.3 Å². The molecule has 9 heteroatoms. The minimum Gasteiger partial charge on any atom is -0.495 e. The van der Waals surface area contributed by atoms with Gasteiger partial charge < -0.3 is 9.15 Å². The van der Waals surface area contributed by atoms with Crippen molar-refractivity contribution in [3.8, 4) is 17.1 Å². The number of carbonyl (C=O) groups excluding carboxylic acids is 1. The van der Waals surface area contributed by atoms with Crippen molar-refractivity contribution in [2.24, 2.45) is 0 Å². The van der Waals surface area contributed by atoms with E-state index in [1.54, 1.807) is 24.3 Å². The molecular formula is C22H14F3NO3S2. The van der Waals surface area contributed by atoms with Crippen LogP contribution >= 0.6 is 24.0 Å². The summed E-state index contributed by atoms with van der Waals surface area (Å²) in [5.74, 6) is 0.420. The predicted molar refractivity (Wildman–Crippen MR) is 118 cm³/mol. The van der Waals surface area contributed by atoms with Crippen molar-refractivity contribution >= 4 is 46.0 Å². The fourth-order valence-electron chi connectivity index (χ4n) is 3.14. The number of thiocarbonyl (C=S) groups is 1. The smallest absolute Gasteiger partial charge is 0.417 e. The standard InChI is InChI=1S/C22H14F3NO3S2/c1-28-18-9-5-4-8-16(18)26-20(27)19(31-21(26)30)12-13-10-11-17(29-13)14-6-2-3-7-15(14)22(23,24)25/h2-12H,1H3/b19-12+. The number of hydrogen-bond donors (Lipinski definition) is 0. The monoisotopic (exact) mass is 461 g/mol. The zero-order chi connectivity index (χ0) is 22.2. The van der Waals surface area contributed by atoms with Crippen molar-refractivity contribution in [3.05, 3.63) is 76.9 Å². The summed E-state index contributed by atoms with van der Waals surface area (Å²) >= 11 is 6.43. The Balaban J connectivity index is 1.65. The number of ether oxygens (including phenoxy) is 1. The summed E-state index contributed by atoms with van der Waals surface area (Å²) in [7, 11) is 1.50. The number of thioether (sulfide) groups is 1.